The number of hydrogen-bond acceptors (Lipinski definition) is 4. The Morgan fingerprint density at radius 2 is 2.53 bits per heavy atom. The maximum atomic E-state index is 5.65. The van der Waals surface area contributed by atoms with Crippen molar-refractivity contribution in [3.8, 4) is 0 Å². The van der Waals surface area contributed by atoms with E-state index < -0.39 is 0 Å². The first-order valence-electron chi connectivity index (χ1n) is 5.52. The number of rotatable bonds is 4. The van der Waals surface area contributed by atoms with Gasteiger partial charge in [-0.3, -0.25) is 0 Å². The van der Waals surface area contributed by atoms with Crippen LogP contribution in [0.3, 0.4) is 0 Å². The van der Waals surface area contributed by atoms with E-state index in [1.54, 1.807) is 6.20 Å². The van der Waals surface area contributed by atoms with Gasteiger partial charge in [0.05, 0.1) is 6.20 Å². The van der Waals surface area contributed by atoms with Crippen LogP contribution in [0.2, 0.25) is 0 Å². The molecule has 2 atom stereocenters. The molecule has 2 heterocycles. The van der Waals surface area contributed by atoms with Crippen LogP contribution in [0.25, 0.3) is 0 Å². The Morgan fingerprint density at radius 3 is 3.20 bits per heavy atom. The summed E-state index contributed by atoms with van der Waals surface area (Å²) in [5.41, 5.74) is 5.57. The third-order valence-electron chi connectivity index (χ3n) is 2.90. The highest BCUT2D eigenvalue weighted by Crippen LogP contribution is 2.20. The molecule has 1 saturated heterocycles. The molecule has 0 saturated carbocycles. The zero-order valence-electron chi connectivity index (χ0n) is 9.11. The van der Waals surface area contributed by atoms with Crippen LogP contribution >= 0.6 is 0 Å². The quantitative estimate of drug-likeness (QED) is 0.814. The monoisotopic (exact) mass is 210 g/mol. The van der Waals surface area contributed by atoms with Gasteiger partial charge in [-0.1, -0.05) is 6.92 Å². The van der Waals surface area contributed by atoms with Gasteiger partial charge in [-0.05, 0) is 12.3 Å². The zero-order valence-corrected chi connectivity index (χ0v) is 9.11. The van der Waals surface area contributed by atoms with Gasteiger partial charge in [-0.15, -0.1) is 0 Å². The first kappa shape index (κ1) is 10.6. The minimum absolute atomic E-state index is 0.256. The van der Waals surface area contributed by atoms with Gasteiger partial charge in [0, 0.05) is 32.1 Å². The van der Waals surface area contributed by atoms with Crippen molar-refractivity contribution >= 4 is 0 Å². The Morgan fingerprint density at radius 1 is 1.67 bits per heavy atom. The van der Waals surface area contributed by atoms with Crippen LogP contribution in [0, 0.1) is 5.92 Å². The third-order valence-corrected chi connectivity index (χ3v) is 2.90. The SMILES string of the molecule is CC(CN)c1cnc(CC2CCOC2)o1. The lowest BCUT2D eigenvalue weighted by molar-refractivity contribution is 0.184. The predicted molar refractivity (Wildman–Crippen MR) is 56.6 cm³/mol. The molecule has 0 radical (unpaired) electrons. The van der Waals surface area contributed by atoms with Crippen molar-refractivity contribution in [1.29, 1.82) is 0 Å². The van der Waals surface area contributed by atoms with Crippen LogP contribution in [0.15, 0.2) is 10.6 Å². The van der Waals surface area contributed by atoms with E-state index in [9.17, 15) is 0 Å². The molecule has 1 aromatic heterocycles. The number of aromatic nitrogens is 1. The second kappa shape index (κ2) is 4.77. The van der Waals surface area contributed by atoms with E-state index in [1.807, 2.05) is 6.92 Å². The molecule has 0 bridgehead atoms. The lowest BCUT2D eigenvalue weighted by atomic mass is 10.1. The fourth-order valence-electron chi connectivity index (χ4n) is 1.75. The molecule has 0 aromatic carbocycles. The topological polar surface area (TPSA) is 61.3 Å². The Kier molecular flexibility index (Phi) is 3.38. The van der Waals surface area contributed by atoms with E-state index in [4.69, 9.17) is 14.9 Å². The summed E-state index contributed by atoms with van der Waals surface area (Å²) in [4.78, 5) is 4.27. The molecule has 2 N–H and O–H groups in total. The first-order valence-corrected chi connectivity index (χ1v) is 5.52. The van der Waals surface area contributed by atoms with Gasteiger partial charge in [0.25, 0.3) is 0 Å². The molecule has 15 heavy (non-hydrogen) atoms. The zero-order chi connectivity index (χ0) is 10.7. The Hall–Kier alpha value is -0.870. The molecule has 2 rings (SSSR count). The number of hydrogen-bond donors (Lipinski definition) is 1. The Balaban J connectivity index is 1.94. The standard InChI is InChI=1S/C11H18N2O2/c1-8(5-12)10-6-13-11(15-10)4-9-2-3-14-7-9/h6,8-9H,2-5,7,12H2,1H3. The van der Waals surface area contributed by atoms with Crippen LogP contribution < -0.4 is 5.73 Å². The van der Waals surface area contributed by atoms with E-state index in [1.165, 1.54) is 0 Å². The average Bonchev–Trinajstić information content (AvgIpc) is 2.88. The molecular formula is C11H18N2O2. The molecule has 84 valence electrons. The molecule has 4 heteroatoms. The summed E-state index contributed by atoms with van der Waals surface area (Å²) in [6.45, 7) is 4.35. The minimum Gasteiger partial charge on any atom is -0.445 e. The van der Waals surface area contributed by atoms with Gasteiger partial charge in [-0.25, -0.2) is 4.98 Å². The largest absolute Gasteiger partial charge is 0.445 e. The van der Waals surface area contributed by atoms with Crippen LogP contribution in [0.5, 0.6) is 0 Å². The Bertz CT molecular complexity index is 305. The summed E-state index contributed by atoms with van der Waals surface area (Å²) in [5, 5.41) is 0. The number of nitrogens with two attached hydrogens (primary N) is 1. The van der Waals surface area contributed by atoms with Gasteiger partial charge in [0.1, 0.15) is 5.76 Å². The van der Waals surface area contributed by atoms with Gasteiger partial charge < -0.3 is 14.9 Å². The predicted octanol–water partition coefficient (Wildman–Crippen LogP) is 1.32. The Labute approximate surface area is 89.8 Å². The van der Waals surface area contributed by atoms with Crippen molar-refractivity contribution in [2.75, 3.05) is 19.8 Å². The second-order valence-electron chi connectivity index (χ2n) is 4.23. The van der Waals surface area contributed by atoms with Crippen LogP contribution in [0.1, 0.15) is 30.9 Å². The molecule has 0 amide bonds. The molecule has 0 aliphatic carbocycles. The van der Waals surface area contributed by atoms with Crippen molar-refractivity contribution in [2.45, 2.75) is 25.7 Å². The molecular weight excluding hydrogens is 192 g/mol. The summed E-state index contributed by atoms with van der Waals surface area (Å²) >= 11 is 0. The maximum Gasteiger partial charge on any atom is 0.194 e. The van der Waals surface area contributed by atoms with Gasteiger partial charge in [0.2, 0.25) is 0 Å². The highest BCUT2D eigenvalue weighted by atomic mass is 16.5. The molecule has 1 fully saturated rings. The van der Waals surface area contributed by atoms with Crippen molar-refractivity contribution < 1.29 is 9.15 Å². The number of ether oxygens (including phenoxy) is 1. The van der Waals surface area contributed by atoms with E-state index >= 15 is 0 Å². The second-order valence-corrected chi connectivity index (χ2v) is 4.23. The summed E-state index contributed by atoms with van der Waals surface area (Å²) in [5.74, 6) is 2.54. The molecule has 1 aliphatic heterocycles. The van der Waals surface area contributed by atoms with Crippen molar-refractivity contribution in [3.63, 3.8) is 0 Å². The molecule has 4 nitrogen and oxygen atoms in total. The average molecular weight is 210 g/mol. The summed E-state index contributed by atoms with van der Waals surface area (Å²) in [7, 11) is 0. The van der Waals surface area contributed by atoms with Gasteiger partial charge in [0.15, 0.2) is 5.89 Å². The number of nitrogens with zero attached hydrogens (tertiary/aromatic N) is 1. The van der Waals surface area contributed by atoms with Crippen molar-refractivity contribution in [2.24, 2.45) is 11.7 Å². The van der Waals surface area contributed by atoms with Gasteiger partial charge >= 0.3 is 0 Å². The maximum absolute atomic E-state index is 5.65. The summed E-state index contributed by atoms with van der Waals surface area (Å²) < 4.78 is 11.0. The molecule has 1 aliphatic rings. The van der Waals surface area contributed by atoms with Crippen molar-refractivity contribution in [1.82, 2.24) is 4.98 Å². The van der Waals surface area contributed by atoms with Crippen LogP contribution in [-0.2, 0) is 11.2 Å². The van der Waals surface area contributed by atoms with Crippen LogP contribution in [-0.4, -0.2) is 24.7 Å². The van der Waals surface area contributed by atoms with E-state index in [0.29, 0.717) is 12.5 Å². The highest BCUT2D eigenvalue weighted by Gasteiger charge is 2.19. The van der Waals surface area contributed by atoms with E-state index in [2.05, 4.69) is 4.98 Å². The fraction of sp³-hybridized carbons (Fsp3) is 0.727. The lowest BCUT2D eigenvalue weighted by Crippen LogP contribution is -2.08. The minimum atomic E-state index is 0.256. The third kappa shape index (κ3) is 2.58. The first-order chi connectivity index (χ1) is 7.29. The molecule has 2 unspecified atom stereocenters. The molecule has 1 aromatic rings. The summed E-state index contributed by atoms with van der Waals surface area (Å²) in [6, 6.07) is 0. The van der Waals surface area contributed by atoms with E-state index in [0.717, 1.165) is 37.7 Å². The summed E-state index contributed by atoms with van der Waals surface area (Å²) in [6.07, 6.45) is 3.80. The fourth-order valence-corrected chi connectivity index (χ4v) is 1.75. The normalized spacial score (nSPS) is 23.2. The van der Waals surface area contributed by atoms with E-state index in [-0.39, 0.29) is 5.92 Å². The molecule has 0 spiro atoms. The lowest BCUT2D eigenvalue weighted by Gasteiger charge is -2.04. The van der Waals surface area contributed by atoms with Gasteiger partial charge in [-0.2, -0.15) is 0 Å². The van der Waals surface area contributed by atoms with Crippen LogP contribution in [0.4, 0.5) is 0 Å². The smallest absolute Gasteiger partial charge is 0.194 e. The number of oxazole rings is 1. The van der Waals surface area contributed by atoms with Crippen molar-refractivity contribution in [3.05, 3.63) is 17.8 Å². The highest BCUT2D eigenvalue weighted by molar-refractivity contribution is 5.01.